The first-order valence-corrected chi connectivity index (χ1v) is 6.36. The summed E-state index contributed by atoms with van der Waals surface area (Å²) in [6, 6.07) is 8.75. The molecule has 0 aliphatic carbocycles. The number of nitrogens with one attached hydrogen (secondary N) is 3. The molecule has 0 aliphatic heterocycles. The number of hydrogen-bond acceptors (Lipinski definition) is 3. The van der Waals surface area contributed by atoms with Crippen molar-refractivity contribution in [2.75, 3.05) is 11.9 Å². The molecule has 20 heavy (non-hydrogen) atoms. The molecule has 0 atom stereocenters. The Balaban J connectivity index is 1.85. The minimum Gasteiger partial charge on any atom is -0.343 e. The van der Waals surface area contributed by atoms with Gasteiger partial charge in [0.15, 0.2) is 0 Å². The fourth-order valence-electron chi connectivity index (χ4n) is 1.72. The van der Waals surface area contributed by atoms with Gasteiger partial charge in [-0.2, -0.15) is 5.10 Å². The second kappa shape index (κ2) is 6.51. The highest BCUT2D eigenvalue weighted by Crippen LogP contribution is 2.10. The highest BCUT2D eigenvalue weighted by molar-refractivity contribution is 5.99. The van der Waals surface area contributed by atoms with E-state index in [4.69, 9.17) is 0 Å². The van der Waals surface area contributed by atoms with E-state index in [0.717, 1.165) is 12.0 Å². The molecule has 0 radical (unpaired) electrons. The van der Waals surface area contributed by atoms with Crippen molar-refractivity contribution in [3.05, 3.63) is 47.7 Å². The van der Waals surface area contributed by atoms with E-state index in [2.05, 4.69) is 20.8 Å². The minimum atomic E-state index is -0.298. The van der Waals surface area contributed by atoms with E-state index in [1.165, 1.54) is 0 Å². The average Bonchev–Trinajstić information content (AvgIpc) is 2.92. The van der Waals surface area contributed by atoms with Crippen molar-refractivity contribution < 1.29 is 9.59 Å². The van der Waals surface area contributed by atoms with E-state index in [-0.39, 0.29) is 18.4 Å². The summed E-state index contributed by atoms with van der Waals surface area (Å²) in [5.74, 6) is 0.000710. The lowest BCUT2D eigenvalue weighted by Gasteiger charge is -2.06. The van der Waals surface area contributed by atoms with Crippen LogP contribution < -0.4 is 10.6 Å². The first kappa shape index (κ1) is 13.8. The Morgan fingerprint density at radius 1 is 1.25 bits per heavy atom. The summed E-state index contributed by atoms with van der Waals surface area (Å²) in [5, 5.41) is 11.8. The predicted octanol–water partition coefficient (Wildman–Crippen LogP) is 1.34. The molecule has 2 amide bonds. The molecule has 0 fully saturated rings. The number of carbonyl (C=O) groups is 2. The molecule has 0 aliphatic rings. The lowest BCUT2D eigenvalue weighted by atomic mass is 10.2. The Bertz CT molecular complexity index is 592. The van der Waals surface area contributed by atoms with Gasteiger partial charge in [-0.3, -0.25) is 14.7 Å². The van der Waals surface area contributed by atoms with Crippen LogP contribution >= 0.6 is 0 Å². The fraction of sp³-hybridized carbons (Fsp3) is 0.214. The Labute approximate surface area is 116 Å². The van der Waals surface area contributed by atoms with Crippen molar-refractivity contribution >= 4 is 17.6 Å². The van der Waals surface area contributed by atoms with Crippen molar-refractivity contribution in [2.24, 2.45) is 0 Å². The maximum Gasteiger partial charge on any atom is 0.251 e. The van der Waals surface area contributed by atoms with Crippen LogP contribution in [0.5, 0.6) is 0 Å². The maximum atomic E-state index is 11.8. The van der Waals surface area contributed by atoms with Crippen molar-refractivity contribution in [1.82, 2.24) is 15.5 Å². The Morgan fingerprint density at radius 3 is 2.70 bits per heavy atom. The molecule has 1 heterocycles. The van der Waals surface area contributed by atoms with Gasteiger partial charge in [-0.15, -0.1) is 0 Å². The second-order valence-electron chi connectivity index (χ2n) is 4.22. The third kappa shape index (κ3) is 3.44. The zero-order valence-electron chi connectivity index (χ0n) is 11.1. The third-order valence-electron chi connectivity index (χ3n) is 2.81. The summed E-state index contributed by atoms with van der Waals surface area (Å²) in [5.41, 5.74) is 1.45. The zero-order valence-corrected chi connectivity index (χ0v) is 11.1. The van der Waals surface area contributed by atoms with Gasteiger partial charge in [-0.05, 0) is 18.6 Å². The summed E-state index contributed by atoms with van der Waals surface area (Å²) < 4.78 is 0. The molecule has 6 heteroatoms. The molecule has 1 aromatic carbocycles. The SMILES string of the molecule is CCc1cn[nH]c1NC(=O)CNC(=O)c1ccccc1. The summed E-state index contributed by atoms with van der Waals surface area (Å²) >= 11 is 0. The van der Waals surface area contributed by atoms with E-state index in [1.54, 1.807) is 30.5 Å². The number of H-pyrrole nitrogens is 1. The summed E-state index contributed by atoms with van der Waals surface area (Å²) in [6.07, 6.45) is 2.43. The average molecular weight is 272 g/mol. The van der Waals surface area contributed by atoms with Crippen molar-refractivity contribution in [1.29, 1.82) is 0 Å². The van der Waals surface area contributed by atoms with Crippen molar-refractivity contribution in [3.8, 4) is 0 Å². The van der Waals surface area contributed by atoms with Gasteiger partial charge in [0.1, 0.15) is 5.82 Å². The van der Waals surface area contributed by atoms with Crippen LogP contribution in [0, 0.1) is 0 Å². The van der Waals surface area contributed by atoms with Crippen LogP contribution in [-0.2, 0) is 11.2 Å². The lowest BCUT2D eigenvalue weighted by Crippen LogP contribution is -2.33. The van der Waals surface area contributed by atoms with Gasteiger partial charge in [0.05, 0.1) is 12.7 Å². The van der Waals surface area contributed by atoms with Crippen LogP contribution in [-0.4, -0.2) is 28.6 Å². The van der Waals surface area contributed by atoms with Gasteiger partial charge in [0, 0.05) is 11.1 Å². The Morgan fingerprint density at radius 2 is 2.00 bits per heavy atom. The number of rotatable bonds is 5. The molecule has 0 bridgehead atoms. The number of aromatic nitrogens is 2. The standard InChI is InChI=1S/C14H16N4O2/c1-2-10-8-16-18-13(10)17-12(19)9-15-14(20)11-6-4-3-5-7-11/h3-8H,2,9H2,1H3,(H,15,20)(H2,16,17,18,19). The molecule has 3 N–H and O–H groups in total. The number of aryl methyl sites for hydroxylation is 1. The van der Waals surface area contributed by atoms with Gasteiger partial charge in [0.2, 0.25) is 5.91 Å². The van der Waals surface area contributed by atoms with Crippen molar-refractivity contribution in [2.45, 2.75) is 13.3 Å². The van der Waals surface area contributed by atoms with Gasteiger partial charge >= 0.3 is 0 Å². The first-order valence-electron chi connectivity index (χ1n) is 6.36. The zero-order chi connectivity index (χ0) is 14.4. The van der Waals surface area contributed by atoms with Crippen LogP contribution in [0.3, 0.4) is 0 Å². The van der Waals surface area contributed by atoms with E-state index in [0.29, 0.717) is 11.4 Å². The van der Waals surface area contributed by atoms with Gasteiger partial charge in [0.25, 0.3) is 5.91 Å². The number of aromatic amines is 1. The Kier molecular flexibility index (Phi) is 4.49. The molecular weight excluding hydrogens is 256 g/mol. The fourth-order valence-corrected chi connectivity index (χ4v) is 1.72. The number of nitrogens with zero attached hydrogens (tertiary/aromatic N) is 1. The number of hydrogen-bond donors (Lipinski definition) is 3. The van der Waals surface area contributed by atoms with Crippen LogP contribution in [0.1, 0.15) is 22.8 Å². The van der Waals surface area contributed by atoms with Gasteiger partial charge < -0.3 is 10.6 Å². The van der Waals surface area contributed by atoms with Crippen LogP contribution in [0.15, 0.2) is 36.5 Å². The number of carbonyl (C=O) groups excluding carboxylic acids is 2. The number of benzene rings is 1. The molecule has 0 saturated carbocycles. The monoisotopic (exact) mass is 272 g/mol. The molecule has 104 valence electrons. The third-order valence-corrected chi connectivity index (χ3v) is 2.81. The number of anilines is 1. The van der Waals surface area contributed by atoms with Gasteiger partial charge in [-0.25, -0.2) is 0 Å². The van der Waals surface area contributed by atoms with E-state index in [9.17, 15) is 9.59 Å². The van der Waals surface area contributed by atoms with E-state index >= 15 is 0 Å². The normalized spacial score (nSPS) is 10.1. The summed E-state index contributed by atoms with van der Waals surface area (Å²) in [7, 11) is 0. The Hall–Kier alpha value is -2.63. The van der Waals surface area contributed by atoms with Crippen LogP contribution in [0.25, 0.3) is 0 Å². The van der Waals surface area contributed by atoms with Crippen molar-refractivity contribution in [3.63, 3.8) is 0 Å². The molecule has 1 aromatic heterocycles. The topological polar surface area (TPSA) is 86.9 Å². The van der Waals surface area contributed by atoms with E-state index < -0.39 is 0 Å². The quantitative estimate of drug-likeness (QED) is 0.767. The lowest BCUT2D eigenvalue weighted by molar-refractivity contribution is -0.115. The molecule has 2 aromatic rings. The first-order chi connectivity index (χ1) is 9.70. The molecule has 0 spiro atoms. The predicted molar refractivity (Wildman–Crippen MR) is 75.4 cm³/mol. The van der Waals surface area contributed by atoms with E-state index in [1.807, 2.05) is 13.0 Å². The highest BCUT2D eigenvalue weighted by Gasteiger charge is 2.10. The highest BCUT2D eigenvalue weighted by atomic mass is 16.2. The summed E-state index contributed by atoms with van der Waals surface area (Å²) in [6.45, 7) is 1.88. The maximum absolute atomic E-state index is 11.8. The minimum absolute atomic E-state index is 0.0874. The number of amides is 2. The largest absolute Gasteiger partial charge is 0.343 e. The van der Waals surface area contributed by atoms with Gasteiger partial charge in [-0.1, -0.05) is 25.1 Å². The molecule has 0 saturated heterocycles. The smallest absolute Gasteiger partial charge is 0.251 e. The van der Waals surface area contributed by atoms with Crippen LogP contribution in [0.2, 0.25) is 0 Å². The molecule has 2 rings (SSSR count). The molecule has 6 nitrogen and oxygen atoms in total. The molecule has 0 unspecified atom stereocenters. The van der Waals surface area contributed by atoms with Crippen LogP contribution in [0.4, 0.5) is 5.82 Å². The summed E-state index contributed by atoms with van der Waals surface area (Å²) in [4.78, 5) is 23.5. The second-order valence-corrected chi connectivity index (χ2v) is 4.22. The molecular formula is C14H16N4O2.